The van der Waals surface area contributed by atoms with E-state index in [1.165, 1.54) is 12.2 Å². The molecule has 0 radical (unpaired) electrons. The number of halogens is 3. The van der Waals surface area contributed by atoms with Gasteiger partial charge >= 0.3 is 15.6 Å². The molecule has 1 aliphatic carbocycles. The molecule has 0 heterocycles. The Balaban J connectivity index is 2.50. The highest BCUT2D eigenvalue weighted by atomic mass is 32.2. The van der Waals surface area contributed by atoms with E-state index in [0.717, 1.165) is 11.8 Å². The molecule has 0 fully saturated rings. The highest BCUT2D eigenvalue weighted by Gasteiger charge is 2.48. The summed E-state index contributed by atoms with van der Waals surface area (Å²) < 4.78 is 88.7. The van der Waals surface area contributed by atoms with E-state index >= 15 is 0 Å². The predicted molar refractivity (Wildman–Crippen MR) is 76.1 cm³/mol. The molecule has 0 aromatic heterocycles. The van der Waals surface area contributed by atoms with Gasteiger partial charge in [0.2, 0.25) is 0 Å². The summed E-state index contributed by atoms with van der Waals surface area (Å²) in [4.78, 5) is 0. The van der Waals surface area contributed by atoms with Crippen molar-refractivity contribution in [2.45, 2.75) is 37.6 Å². The monoisotopic (exact) mass is 378 g/mol. The molecule has 0 amide bonds. The van der Waals surface area contributed by atoms with Gasteiger partial charge in [0.25, 0.3) is 10.1 Å². The number of hydrogen-bond donors (Lipinski definition) is 0. The van der Waals surface area contributed by atoms with Crippen LogP contribution in [0, 0.1) is 0 Å². The molecule has 0 bridgehead atoms. The van der Waals surface area contributed by atoms with Gasteiger partial charge < -0.3 is 4.18 Å². The minimum Gasteiger partial charge on any atom is -0.376 e. The van der Waals surface area contributed by atoms with Gasteiger partial charge in [-0.05, 0) is 44.3 Å². The maximum Gasteiger partial charge on any atom is 0.534 e. The van der Waals surface area contributed by atoms with Crippen molar-refractivity contribution in [1.29, 1.82) is 0 Å². The summed E-state index contributed by atoms with van der Waals surface area (Å²) >= 11 is 0. The number of rotatable bonds is 8. The molecule has 134 valence electrons. The maximum atomic E-state index is 12.2. The van der Waals surface area contributed by atoms with Crippen LogP contribution in [0.5, 0.6) is 0 Å². The second-order valence-corrected chi connectivity index (χ2v) is 8.10. The molecule has 1 rings (SSSR count). The molecule has 0 aromatic carbocycles. The minimum atomic E-state index is -5.67. The molecule has 0 atom stereocenters. The van der Waals surface area contributed by atoms with Gasteiger partial charge in [-0.15, -0.1) is 0 Å². The van der Waals surface area contributed by atoms with Gasteiger partial charge in [0, 0.05) is 0 Å². The first-order chi connectivity index (χ1) is 10.4. The SMILES string of the molecule is CS(=O)(=O)OCCCCC1=CC(OS(=O)(=O)C(F)(F)F)=CCC1. The van der Waals surface area contributed by atoms with Crippen LogP contribution in [-0.2, 0) is 28.6 Å². The third-order valence-corrected chi connectivity index (χ3v) is 4.41. The van der Waals surface area contributed by atoms with Crippen molar-refractivity contribution in [3.8, 4) is 0 Å². The average Bonchev–Trinajstić information content (AvgIpc) is 2.35. The fourth-order valence-electron chi connectivity index (χ4n) is 1.83. The summed E-state index contributed by atoms with van der Waals surface area (Å²) in [5.74, 6) is -0.351. The van der Waals surface area contributed by atoms with Crippen LogP contribution in [0.25, 0.3) is 0 Å². The lowest BCUT2D eigenvalue weighted by atomic mass is 9.99. The average molecular weight is 378 g/mol. The van der Waals surface area contributed by atoms with Gasteiger partial charge in [-0.3, -0.25) is 4.18 Å². The predicted octanol–water partition coefficient (Wildman–Crippen LogP) is 2.60. The molecular weight excluding hydrogens is 361 g/mol. The lowest BCUT2D eigenvalue weighted by molar-refractivity contribution is -0.0520. The molecule has 0 saturated heterocycles. The summed E-state index contributed by atoms with van der Waals surface area (Å²) in [5.41, 5.74) is -4.73. The van der Waals surface area contributed by atoms with Crippen LogP contribution in [0.4, 0.5) is 13.2 Å². The van der Waals surface area contributed by atoms with Crippen molar-refractivity contribution >= 4 is 20.2 Å². The molecule has 0 aromatic rings. The zero-order chi connectivity index (χ0) is 17.7. The van der Waals surface area contributed by atoms with Crippen molar-refractivity contribution in [2.24, 2.45) is 0 Å². The Hall–Kier alpha value is -1.07. The van der Waals surface area contributed by atoms with Crippen molar-refractivity contribution in [3.63, 3.8) is 0 Å². The highest BCUT2D eigenvalue weighted by Crippen LogP contribution is 2.30. The maximum absolute atomic E-state index is 12.2. The summed E-state index contributed by atoms with van der Waals surface area (Å²) in [6, 6.07) is 0. The van der Waals surface area contributed by atoms with Gasteiger partial charge in [0.1, 0.15) is 5.76 Å². The molecule has 0 saturated carbocycles. The number of allylic oxidation sites excluding steroid dienone is 3. The Kier molecular flexibility index (Phi) is 6.66. The molecule has 0 N–H and O–H groups in total. The lowest BCUT2D eigenvalue weighted by Crippen LogP contribution is -2.25. The lowest BCUT2D eigenvalue weighted by Gasteiger charge is -2.15. The van der Waals surface area contributed by atoms with E-state index in [4.69, 9.17) is 0 Å². The smallest absolute Gasteiger partial charge is 0.376 e. The van der Waals surface area contributed by atoms with E-state index in [9.17, 15) is 30.0 Å². The largest absolute Gasteiger partial charge is 0.534 e. The fourth-order valence-corrected chi connectivity index (χ4v) is 2.71. The van der Waals surface area contributed by atoms with Gasteiger partial charge in [-0.2, -0.15) is 30.0 Å². The van der Waals surface area contributed by atoms with Gasteiger partial charge in [0.05, 0.1) is 12.9 Å². The van der Waals surface area contributed by atoms with E-state index in [0.29, 0.717) is 32.1 Å². The first kappa shape index (κ1) is 20.0. The third kappa shape index (κ3) is 7.36. The van der Waals surface area contributed by atoms with Crippen LogP contribution >= 0.6 is 0 Å². The zero-order valence-electron chi connectivity index (χ0n) is 12.3. The second kappa shape index (κ2) is 7.67. The van der Waals surface area contributed by atoms with E-state index in [-0.39, 0.29) is 12.4 Å². The van der Waals surface area contributed by atoms with Crippen molar-refractivity contribution in [1.82, 2.24) is 0 Å². The first-order valence-electron chi connectivity index (χ1n) is 6.65. The number of unbranched alkanes of at least 4 members (excludes halogenated alkanes) is 1. The van der Waals surface area contributed by atoms with Crippen molar-refractivity contribution in [2.75, 3.05) is 12.9 Å². The van der Waals surface area contributed by atoms with Gasteiger partial charge in [-0.25, -0.2) is 0 Å². The van der Waals surface area contributed by atoms with Gasteiger partial charge in [0.15, 0.2) is 0 Å². The summed E-state index contributed by atoms with van der Waals surface area (Å²) in [7, 11) is -9.16. The third-order valence-electron chi connectivity index (χ3n) is 2.84. The number of hydrogen-bond acceptors (Lipinski definition) is 6. The Labute approximate surface area is 133 Å². The molecule has 0 aliphatic heterocycles. The van der Waals surface area contributed by atoms with E-state index in [1.807, 2.05) is 0 Å². The van der Waals surface area contributed by atoms with Crippen LogP contribution in [0.2, 0.25) is 0 Å². The van der Waals surface area contributed by atoms with Crippen LogP contribution in [-0.4, -0.2) is 35.2 Å². The zero-order valence-corrected chi connectivity index (χ0v) is 13.9. The van der Waals surface area contributed by atoms with Gasteiger partial charge in [-0.1, -0.05) is 5.57 Å². The summed E-state index contributed by atoms with van der Waals surface area (Å²) in [5, 5.41) is 0. The van der Waals surface area contributed by atoms with Crippen LogP contribution in [0.15, 0.2) is 23.5 Å². The quantitative estimate of drug-likeness (QED) is 0.367. The molecule has 6 nitrogen and oxygen atoms in total. The Bertz CT molecular complexity index is 674. The Morgan fingerprint density at radius 3 is 2.39 bits per heavy atom. The normalized spacial score (nSPS) is 16.7. The fraction of sp³-hybridized carbons (Fsp3) is 0.667. The molecule has 0 unspecified atom stereocenters. The Morgan fingerprint density at radius 2 is 1.83 bits per heavy atom. The van der Waals surface area contributed by atoms with Crippen LogP contribution in [0.1, 0.15) is 32.1 Å². The molecule has 1 aliphatic rings. The highest BCUT2D eigenvalue weighted by molar-refractivity contribution is 7.87. The minimum absolute atomic E-state index is 0.0216. The molecule has 0 spiro atoms. The molecule has 11 heteroatoms. The molecule has 23 heavy (non-hydrogen) atoms. The van der Waals surface area contributed by atoms with E-state index in [2.05, 4.69) is 8.37 Å². The second-order valence-electron chi connectivity index (χ2n) is 4.91. The van der Waals surface area contributed by atoms with E-state index in [1.54, 1.807) is 0 Å². The van der Waals surface area contributed by atoms with Crippen LogP contribution in [0.3, 0.4) is 0 Å². The molecular formula is C12H17F3O6S2. The topological polar surface area (TPSA) is 86.7 Å². The summed E-state index contributed by atoms with van der Waals surface area (Å²) in [6.45, 7) is 0.0216. The Morgan fingerprint density at radius 1 is 1.17 bits per heavy atom. The first-order valence-corrected chi connectivity index (χ1v) is 9.88. The van der Waals surface area contributed by atoms with Crippen molar-refractivity contribution < 1.29 is 38.4 Å². The van der Waals surface area contributed by atoms with E-state index < -0.39 is 25.7 Å². The summed E-state index contributed by atoms with van der Waals surface area (Å²) in [6.07, 6.45) is 5.92. The van der Waals surface area contributed by atoms with Crippen molar-refractivity contribution in [3.05, 3.63) is 23.5 Å². The van der Waals surface area contributed by atoms with Crippen LogP contribution < -0.4 is 0 Å². The standard InChI is InChI=1S/C12H17F3O6S2/c1-22(16,17)20-8-3-2-5-10-6-4-7-11(9-10)21-23(18,19)12(13,14)15/h7,9H,2-6,8H2,1H3. The number of alkyl halides is 3.